The molecule has 0 amide bonds. The summed E-state index contributed by atoms with van der Waals surface area (Å²) in [5, 5.41) is 0. The summed E-state index contributed by atoms with van der Waals surface area (Å²) in [5.74, 6) is 2.84. The van der Waals surface area contributed by atoms with Crippen molar-refractivity contribution in [2.45, 2.75) is 77.8 Å². The molecule has 0 N–H and O–H groups in total. The van der Waals surface area contributed by atoms with Gasteiger partial charge in [0, 0.05) is 29.6 Å². The van der Waals surface area contributed by atoms with Gasteiger partial charge in [0.1, 0.15) is 7.85 Å². The van der Waals surface area contributed by atoms with Gasteiger partial charge in [-0.05, 0) is 46.5 Å². The maximum atomic E-state index is 6.47. The van der Waals surface area contributed by atoms with Crippen LogP contribution in [0.2, 0.25) is 0 Å². The Kier molecular flexibility index (Phi) is 9.24. The fraction of sp³-hybridized carbons (Fsp3) is 1.00. The van der Waals surface area contributed by atoms with Crippen LogP contribution in [0.1, 0.15) is 47.5 Å². The fourth-order valence-electron chi connectivity index (χ4n) is 3.14. The van der Waals surface area contributed by atoms with Crippen LogP contribution in [0.4, 0.5) is 0 Å². The van der Waals surface area contributed by atoms with Crippen molar-refractivity contribution in [2.75, 3.05) is 18.1 Å². The van der Waals surface area contributed by atoms with E-state index in [-0.39, 0.29) is 6.10 Å². The third kappa shape index (κ3) is 6.33. The molecule has 0 spiro atoms. The smallest absolute Gasteiger partial charge is 0.259 e. The minimum Gasteiger partial charge on any atom is -0.381 e. The van der Waals surface area contributed by atoms with Crippen LogP contribution in [0.3, 0.4) is 0 Å². The molecular formula is C16H33BNO3PS2. The topological polar surface area (TPSA) is 30.9 Å². The highest BCUT2D eigenvalue weighted by molar-refractivity contribution is 8.76. The summed E-state index contributed by atoms with van der Waals surface area (Å²) in [5.41, 5.74) is 0. The zero-order valence-corrected chi connectivity index (χ0v) is 18.5. The van der Waals surface area contributed by atoms with E-state index >= 15 is 0 Å². The first kappa shape index (κ1) is 21.3. The van der Waals surface area contributed by atoms with Crippen molar-refractivity contribution < 1.29 is 13.8 Å². The van der Waals surface area contributed by atoms with Crippen LogP contribution in [-0.4, -0.2) is 60.9 Å². The third-order valence-corrected chi connectivity index (χ3v) is 9.19. The van der Waals surface area contributed by atoms with Crippen molar-refractivity contribution in [1.29, 1.82) is 0 Å². The normalized spacial score (nSPS) is 32.8. The van der Waals surface area contributed by atoms with Gasteiger partial charge in [0.05, 0.1) is 18.8 Å². The maximum absolute atomic E-state index is 6.47. The molecule has 24 heavy (non-hydrogen) atoms. The Morgan fingerprint density at radius 3 is 2.46 bits per heavy atom. The van der Waals surface area contributed by atoms with Crippen LogP contribution >= 0.6 is 30.1 Å². The predicted molar refractivity (Wildman–Crippen MR) is 110 cm³/mol. The van der Waals surface area contributed by atoms with Crippen molar-refractivity contribution in [3.63, 3.8) is 0 Å². The number of ether oxygens (including phenoxy) is 1. The first-order valence-electron chi connectivity index (χ1n) is 9.16. The lowest BCUT2D eigenvalue weighted by molar-refractivity contribution is 0.0375. The molecule has 0 saturated carbocycles. The molecule has 4 nitrogen and oxygen atoms in total. The Morgan fingerprint density at radius 1 is 1.25 bits per heavy atom. The first-order chi connectivity index (χ1) is 11.4. The SMILES string of the molecule is BC1OC(COP(OC2CCSSC2)N(C(C)C)C(C)C)CC1C. The lowest BCUT2D eigenvalue weighted by Gasteiger charge is -2.38. The van der Waals surface area contributed by atoms with Gasteiger partial charge >= 0.3 is 0 Å². The molecule has 5 unspecified atom stereocenters. The highest BCUT2D eigenvalue weighted by Crippen LogP contribution is 2.49. The van der Waals surface area contributed by atoms with Gasteiger partial charge in [0.25, 0.3) is 8.53 Å². The van der Waals surface area contributed by atoms with Gasteiger partial charge in [-0.1, -0.05) is 28.5 Å². The van der Waals surface area contributed by atoms with Crippen molar-refractivity contribution in [3.8, 4) is 0 Å². The van der Waals surface area contributed by atoms with Crippen molar-refractivity contribution in [3.05, 3.63) is 0 Å². The van der Waals surface area contributed by atoms with E-state index < -0.39 is 8.53 Å². The summed E-state index contributed by atoms with van der Waals surface area (Å²) in [6.07, 6.45) is 2.73. The van der Waals surface area contributed by atoms with Crippen LogP contribution in [0.15, 0.2) is 0 Å². The second-order valence-corrected chi connectivity index (χ2v) is 11.4. The summed E-state index contributed by atoms with van der Waals surface area (Å²) < 4.78 is 21.2. The van der Waals surface area contributed by atoms with Gasteiger partial charge in [-0.3, -0.25) is 0 Å². The Bertz CT molecular complexity index is 357. The lowest BCUT2D eigenvalue weighted by Crippen LogP contribution is -2.35. The maximum Gasteiger partial charge on any atom is 0.259 e. The molecule has 2 rings (SSSR count). The van der Waals surface area contributed by atoms with Crippen molar-refractivity contribution in [2.24, 2.45) is 5.92 Å². The Hall–Kier alpha value is 1.03. The van der Waals surface area contributed by atoms with Gasteiger partial charge in [-0.25, -0.2) is 4.67 Å². The van der Waals surface area contributed by atoms with E-state index in [0.29, 0.717) is 36.7 Å². The first-order valence-corrected chi connectivity index (χ1v) is 12.8. The van der Waals surface area contributed by atoms with E-state index in [1.54, 1.807) is 0 Å². The van der Waals surface area contributed by atoms with Gasteiger partial charge in [0.15, 0.2) is 0 Å². The average Bonchev–Trinajstić information content (AvgIpc) is 2.83. The minimum atomic E-state index is -1.04. The summed E-state index contributed by atoms with van der Waals surface area (Å²) >= 11 is 0. The van der Waals surface area contributed by atoms with Crippen LogP contribution in [0, 0.1) is 5.92 Å². The van der Waals surface area contributed by atoms with Gasteiger partial charge in [-0.15, -0.1) is 0 Å². The van der Waals surface area contributed by atoms with Crippen LogP contribution in [0.5, 0.6) is 0 Å². The molecule has 0 aromatic carbocycles. The molecule has 2 saturated heterocycles. The van der Waals surface area contributed by atoms with E-state index in [1.165, 1.54) is 5.75 Å². The molecule has 8 heteroatoms. The quantitative estimate of drug-likeness (QED) is 0.353. The number of hydrogen-bond acceptors (Lipinski definition) is 6. The highest BCUT2D eigenvalue weighted by atomic mass is 33.1. The van der Waals surface area contributed by atoms with E-state index in [4.69, 9.17) is 13.8 Å². The van der Waals surface area contributed by atoms with Crippen molar-refractivity contribution >= 4 is 38.0 Å². The molecule has 0 aliphatic carbocycles. The van der Waals surface area contributed by atoms with Gasteiger partial charge in [-0.2, -0.15) is 0 Å². The number of nitrogens with zero attached hydrogens (tertiary/aromatic N) is 1. The van der Waals surface area contributed by atoms with E-state index in [0.717, 1.165) is 18.6 Å². The Morgan fingerprint density at radius 2 is 1.96 bits per heavy atom. The molecule has 0 aromatic heterocycles. The molecule has 2 fully saturated rings. The summed E-state index contributed by atoms with van der Waals surface area (Å²) in [7, 11) is 4.99. The molecule has 140 valence electrons. The summed E-state index contributed by atoms with van der Waals surface area (Å²) in [4.78, 5) is 0. The molecule has 2 heterocycles. The second-order valence-electron chi connectivity index (χ2n) is 7.40. The van der Waals surface area contributed by atoms with Crippen LogP contribution in [0.25, 0.3) is 0 Å². The standard InChI is InChI=1S/C16H33BNO3PS2/c1-11(2)18(12(3)4)22(21-14-6-7-23-24-10-14)19-9-15-8-13(5)16(17)20-15/h11-16H,6-10,17H2,1-5H3. The second kappa shape index (κ2) is 10.4. The largest absolute Gasteiger partial charge is 0.381 e. The monoisotopic (exact) mass is 393 g/mol. The Balaban J connectivity index is 1.95. The summed E-state index contributed by atoms with van der Waals surface area (Å²) in [6.45, 7) is 11.8. The molecule has 0 aromatic rings. The zero-order valence-electron chi connectivity index (χ0n) is 15.9. The Labute approximate surface area is 158 Å². The van der Waals surface area contributed by atoms with Crippen LogP contribution in [-0.2, 0) is 13.8 Å². The lowest BCUT2D eigenvalue weighted by atomic mass is 9.88. The van der Waals surface area contributed by atoms with Crippen LogP contribution < -0.4 is 0 Å². The molecule has 0 radical (unpaired) electrons. The molecular weight excluding hydrogens is 360 g/mol. The van der Waals surface area contributed by atoms with Gasteiger partial charge < -0.3 is 13.8 Å². The number of rotatable bonds is 8. The average molecular weight is 393 g/mol. The minimum absolute atomic E-state index is 0.209. The highest BCUT2D eigenvalue weighted by Gasteiger charge is 2.34. The molecule has 5 atom stereocenters. The molecule has 2 aliphatic heterocycles. The van der Waals surface area contributed by atoms with E-state index in [2.05, 4.69) is 47.1 Å². The van der Waals surface area contributed by atoms with Crippen molar-refractivity contribution in [1.82, 2.24) is 4.67 Å². The van der Waals surface area contributed by atoms with E-state index in [1.807, 2.05) is 21.6 Å². The van der Waals surface area contributed by atoms with E-state index in [9.17, 15) is 0 Å². The summed E-state index contributed by atoms with van der Waals surface area (Å²) in [6, 6.07) is 1.15. The third-order valence-electron chi connectivity index (χ3n) is 4.56. The molecule has 2 aliphatic rings. The fourth-order valence-corrected chi connectivity index (χ4v) is 7.37. The zero-order chi connectivity index (χ0) is 17.7. The predicted octanol–water partition coefficient (Wildman–Crippen LogP) is 3.90. The van der Waals surface area contributed by atoms with Gasteiger partial charge in [0.2, 0.25) is 0 Å². The molecule has 0 bridgehead atoms. The number of hydrogen-bond donors (Lipinski definition) is 0.